The number of aromatic nitrogens is 1. The van der Waals surface area contributed by atoms with Gasteiger partial charge >= 0.3 is 0 Å². The lowest BCUT2D eigenvalue weighted by Crippen LogP contribution is -2.10. The van der Waals surface area contributed by atoms with E-state index in [0.717, 1.165) is 16.2 Å². The Hall–Kier alpha value is -5.25. The lowest BCUT2D eigenvalue weighted by Gasteiger charge is -2.27. The van der Waals surface area contributed by atoms with Crippen molar-refractivity contribution in [2.75, 3.05) is 4.90 Å². The summed E-state index contributed by atoms with van der Waals surface area (Å²) in [6.45, 7) is 0. The Labute approximate surface area is 247 Å². The van der Waals surface area contributed by atoms with Crippen LogP contribution in [0.2, 0.25) is 0 Å². The van der Waals surface area contributed by atoms with Crippen LogP contribution >= 0.6 is 11.3 Å². The lowest BCUT2D eigenvalue weighted by molar-refractivity contribution is 1.30. The molecule has 1 aliphatic carbocycles. The normalized spacial score (nSPS) is 11.8. The Morgan fingerprint density at radius 1 is 0.476 bits per heavy atom. The first kappa shape index (κ1) is 23.5. The van der Waals surface area contributed by atoms with Gasteiger partial charge in [0.2, 0.25) is 0 Å². The molecule has 0 bridgehead atoms. The lowest BCUT2D eigenvalue weighted by atomic mass is 9.99. The fourth-order valence-electron chi connectivity index (χ4n) is 6.59. The van der Waals surface area contributed by atoms with E-state index in [0.29, 0.717) is 0 Å². The molecule has 3 heteroatoms. The quantitative estimate of drug-likeness (QED) is 0.216. The maximum Gasteiger partial charge on any atom is 0.124 e. The average Bonchev–Trinajstić information content (AvgIpc) is 3.59. The minimum atomic E-state index is 1.08. The molecule has 0 spiro atoms. The highest BCUT2D eigenvalue weighted by atomic mass is 32.1. The summed E-state index contributed by atoms with van der Waals surface area (Å²) in [7, 11) is 0. The molecule has 0 saturated heterocycles. The van der Waals surface area contributed by atoms with Gasteiger partial charge in [-0.2, -0.15) is 0 Å². The number of fused-ring (bicyclic) bond motifs is 6. The van der Waals surface area contributed by atoms with Gasteiger partial charge in [0.15, 0.2) is 0 Å². The zero-order chi connectivity index (χ0) is 27.6. The van der Waals surface area contributed by atoms with Crippen LogP contribution in [0.3, 0.4) is 0 Å². The fraction of sp³-hybridized carbons (Fsp3) is 0. The van der Waals surface area contributed by atoms with Gasteiger partial charge in [-0.1, -0.05) is 91.0 Å². The topological polar surface area (TPSA) is 16.1 Å². The molecule has 0 amide bonds. The molecule has 9 rings (SSSR count). The van der Waals surface area contributed by atoms with Crippen molar-refractivity contribution in [1.82, 2.24) is 4.98 Å². The molecule has 1 aliphatic rings. The third-order valence-electron chi connectivity index (χ3n) is 8.49. The first-order valence-corrected chi connectivity index (χ1v) is 15.0. The molecule has 2 nitrogen and oxygen atoms in total. The predicted molar refractivity (Wildman–Crippen MR) is 179 cm³/mol. The molecule has 6 aromatic carbocycles. The minimum Gasteiger partial charge on any atom is -0.310 e. The molecule has 0 radical (unpaired) electrons. The highest BCUT2D eigenvalue weighted by molar-refractivity contribution is 7.25. The summed E-state index contributed by atoms with van der Waals surface area (Å²) in [5.41, 5.74) is 11.1. The van der Waals surface area contributed by atoms with Gasteiger partial charge in [0, 0.05) is 38.4 Å². The van der Waals surface area contributed by atoms with Crippen molar-refractivity contribution in [3.63, 3.8) is 0 Å². The number of thiophene rings is 1. The van der Waals surface area contributed by atoms with E-state index in [1.807, 2.05) is 12.3 Å². The van der Waals surface area contributed by atoms with Crippen molar-refractivity contribution in [1.29, 1.82) is 0 Å². The van der Waals surface area contributed by atoms with Crippen LogP contribution in [0.4, 0.5) is 17.1 Å². The van der Waals surface area contributed by atoms with Gasteiger partial charge in [0.05, 0.1) is 5.69 Å². The van der Waals surface area contributed by atoms with Gasteiger partial charge in [-0.3, -0.25) is 0 Å². The zero-order valence-electron chi connectivity index (χ0n) is 22.7. The number of pyridine rings is 1. The number of rotatable bonds is 4. The molecule has 2 heterocycles. The Morgan fingerprint density at radius 2 is 1.17 bits per heavy atom. The number of hydrogen-bond donors (Lipinski definition) is 0. The van der Waals surface area contributed by atoms with E-state index in [1.165, 1.54) is 65.3 Å². The average molecular weight is 553 g/mol. The summed E-state index contributed by atoms with van der Waals surface area (Å²) in [5, 5.41) is 5.03. The second-order valence-corrected chi connectivity index (χ2v) is 11.8. The first-order chi connectivity index (χ1) is 20.8. The van der Waals surface area contributed by atoms with E-state index < -0.39 is 0 Å². The Kier molecular flexibility index (Phi) is 5.10. The Morgan fingerprint density at radius 3 is 2.00 bits per heavy atom. The van der Waals surface area contributed by atoms with Crippen LogP contribution in [0.1, 0.15) is 0 Å². The molecule has 0 N–H and O–H groups in total. The van der Waals surface area contributed by atoms with Gasteiger partial charge in [0.1, 0.15) is 4.83 Å². The van der Waals surface area contributed by atoms with Gasteiger partial charge in [-0.25, -0.2) is 4.98 Å². The highest BCUT2D eigenvalue weighted by Gasteiger charge is 2.25. The first-order valence-electron chi connectivity index (χ1n) is 14.2. The number of hydrogen-bond acceptors (Lipinski definition) is 3. The van der Waals surface area contributed by atoms with Crippen molar-refractivity contribution in [2.45, 2.75) is 0 Å². The SMILES string of the molecule is c1ccc(-c2ccc(N(c3ccc4sc5ncccc5c4c3)c3ccc4c5c(cccc35)-c3ccccc3-4)cc2)cc1. The maximum absolute atomic E-state index is 4.64. The summed E-state index contributed by atoms with van der Waals surface area (Å²) >= 11 is 1.75. The van der Waals surface area contributed by atoms with Crippen LogP contribution in [0.5, 0.6) is 0 Å². The second-order valence-electron chi connectivity index (χ2n) is 10.8. The molecule has 42 heavy (non-hydrogen) atoms. The molecule has 0 saturated carbocycles. The van der Waals surface area contributed by atoms with E-state index in [2.05, 4.69) is 143 Å². The van der Waals surface area contributed by atoms with Gasteiger partial charge < -0.3 is 4.90 Å². The summed E-state index contributed by atoms with van der Waals surface area (Å²) in [6.07, 6.45) is 1.88. The van der Waals surface area contributed by atoms with Crippen LogP contribution in [0.25, 0.3) is 64.5 Å². The standard InChI is InChI=1S/C39H24N2S/c1-2-8-25(9-3-1)26-15-17-27(18-16-26)41(28-19-22-37-35(24-28)33-14-7-23-40-39(33)42-37)36-21-20-32-30-11-5-4-10-29(30)31-12-6-13-34(36)38(31)32/h1-24H. The molecular weight excluding hydrogens is 529 g/mol. The van der Waals surface area contributed by atoms with E-state index in [-0.39, 0.29) is 0 Å². The smallest absolute Gasteiger partial charge is 0.124 e. The maximum atomic E-state index is 4.64. The molecular formula is C39H24N2S. The monoisotopic (exact) mass is 552 g/mol. The van der Waals surface area contributed by atoms with Crippen molar-refractivity contribution in [3.8, 4) is 33.4 Å². The molecule has 2 aromatic heterocycles. The molecule has 0 atom stereocenters. The molecule has 0 unspecified atom stereocenters. The van der Waals surface area contributed by atoms with Crippen molar-refractivity contribution in [2.24, 2.45) is 0 Å². The van der Waals surface area contributed by atoms with Gasteiger partial charge in [-0.05, 0) is 87.3 Å². The van der Waals surface area contributed by atoms with Crippen molar-refractivity contribution >= 4 is 59.5 Å². The molecule has 8 aromatic rings. The predicted octanol–water partition coefficient (Wildman–Crippen LogP) is 11.4. The summed E-state index contributed by atoms with van der Waals surface area (Å²) in [5.74, 6) is 0. The van der Waals surface area contributed by atoms with Crippen LogP contribution < -0.4 is 4.90 Å². The third-order valence-corrected chi connectivity index (χ3v) is 9.58. The summed E-state index contributed by atoms with van der Waals surface area (Å²) < 4.78 is 1.25. The van der Waals surface area contributed by atoms with E-state index in [9.17, 15) is 0 Å². The molecule has 196 valence electrons. The highest BCUT2D eigenvalue weighted by Crippen LogP contribution is 2.51. The Balaban J connectivity index is 1.29. The van der Waals surface area contributed by atoms with Gasteiger partial charge in [0.25, 0.3) is 0 Å². The van der Waals surface area contributed by atoms with E-state index >= 15 is 0 Å². The van der Waals surface area contributed by atoms with Crippen LogP contribution in [-0.4, -0.2) is 4.98 Å². The third kappa shape index (κ3) is 3.47. The Bertz CT molecular complexity index is 2270. The number of nitrogens with zero attached hydrogens (tertiary/aromatic N) is 2. The van der Waals surface area contributed by atoms with E-state index in [4.69, 9.17) is 0 Å². The van der Waals surface area contributed by atoms with Crippen LogP contribution in [-0.2, 0) is 0 Å². The summed E-state index contributed by atoms with van der Waals surface area (Å²) in [4.78, 5) is 8.13. The zero-order valence-corrected chi connectivity index (χ0v) is 23.5. The minimum absolute atomic E-state index is 1.08. The van der Waals surface area contributed by atoms with Crippen LogP contribution in [0, 0.1) is 0 Å². The number of anilines is 3. The molecule has 0 fully saturated rings. The summed E-state index contributed by atoms with van der Waals surface area (Å²) in [6, 6.07) is 50.7. The van der Waals surface area contributed by atoms with E-state index in [1.54, 1.807) is 11.3 Å². The largest absolute Gasteiger partial charge is 0.310 e. The fourth-order valence-corrected chi connectivity index (χ4v) is 7.61. The van der Waals surface area contributed by atoms with Crippen molar-refractivity contribution in [3.05, 3.63) is 146 Å². The molecule has 0 aliphatic heterocycles. The number of benzene rings is 6. The van der Waals surface area contributed by atoms with Crippen LogP contribution in [0.15, 0.2) is 146 Å². The van der Waals surface area contributed by atoms with Gasteiger partial charge in [-0.15, -0.1) is 11.3 Å². The van der Waals surface area contributed by atoms with Crippen molar-refractivity contribution < 1.29 is 0 Å². The second kappa shape index (κ2) is 9.13.